The second-order valence-corrected chi connectivity index (χ2v) is 4.96. The van der Waals surface area contributed by atoms with E-state index in [1.807, 2.05) is 12.1 Å². The van der Waals surface area contributed by atoms with Crippen molar-refractivity contribution in [1.82, 2.24) is 5.32 Å². The molecule has 0 aliphatic carbocycles. The van der Waals surface area contributed by atoms with Gasteiger partial charge in [-0.15, -0.1) is 0 Å². The van der Waals surface area contributed by atoms with E-state index in [1.165, 1.54) is 18.4 Å². The van der Waals surface area contributed by atoms with Crippen LogP contribution < -0.4 is 10.1 Å². The quantitative estimate of drug-likeness (QED) is 0.870. The Balaban J connectivity index is 1.80. The van der Waals surface area contributed by atoms with Gasteiger partial charge in [0, 0.05) is 19.3 Å². The maximum Gasteiger partial charge on any atom is 0.118 e. The van der Waals surface area contributed by atoms with Gasteiger partial charge in [0.05, 0.1) is 7.11 Å². The Morgan fingerprint density at radius 2 is 1.94 bits per heavy atom. The summed E-state index contributed by atoms with van der Waals surface area (Å²) in [6.07, 6.45) is 2.37. The molecule has 1 atom stereocenters. The molecule has 3 heteroatoms. The zero-order valence-corrected chi connectivity index (χ0v) is 11.3. The lowest BCUT2D eigenvalue weighted by molar-refractivity contribution is 0.0656. The van der Waals surface area contributed by atoms with Gasteiger partial charge in [-0.3, -0.25) is 0 Å². The van der Waals surface area contributed by atoms with Gasteiger partial charge in [-0.25, -0.2) is 0 Å². The molecule has 1 N–H and O–H groups in total. The molecule has 0 bridgehead atoms. The summed E-state index contributed by atoms with van der Waals surface area (Å²) < 4.78 is 10.5. The van der Waals surface area contributed by atoms with Crippen LogP contribution in [0.2, 0.25) is 0 Å². The molecule has 1 unspecified atom stereocenters. The Kier molecular flexibility index (Phi) is 5.02. The van der Waals surface area contributed by atoms with E-state index in [1.54, 1.807) is 7.11 Å². The molecule has 1 heterocycles. The van der Waals surface area contributed by atoms with Gasteiger partial charge < -0.3 is 14.8 Å². The fraction of sp³-hybridized carbons (Fsp3) is 0.600. The molecule has 0 saturated carbocycles. The summed E-state index contributed by atoms with van der Waals surface area (Å²) >= 11 is 0. The predicted molar refractivity (Wildman–Crippen MR) is 73.0 cm³/mol. The molecule has 1 aromatic carbocycles. The molecule has 0 spiro atoms. The minimum Gasteiger partial charge on any atom is -0.497 e. The summed E-state index contributed by atoms with van der Waals surface area (Å²) in [7, 11) is 1.70. The molecule has 0 amide bonds. The zero-order chi connectivity index (χ0) is 12.8. The van der Waals surface area contributed by atoms with Crippen LogP contribution in [0.1, 0.15) is 31.4 Å². The molecule has 1 saturated heterocycles. The van der Waals surface area contributed by atoms with Crippen molar-refractivity contribution in [2.24, 2.45) is 5.92 Å². The van der Waals surface area contributed by atoms with Crippen molar-refractivity contribution >= 4 is 0 Å². The van der Waals surface area contributed by atoms with Crippen molar-refractivity contribution in [2.45, 2.75) is 25.8 Å². The summed E-state index contributed by atoms with van der Waals surface area (Å²) in [6.45, 7) is 5.13. The Hall–Kier alpha value is -1.06. The molecule has 1 aromatic rings. The van der Waals surface area contributed by atoms with Crippen molar-refractivity contribution in [3.8, 4) is 5.75 Å². The molecular weight excluding hydrogens is 226 g/mol. The Labute approximate surface area is 109 Å². The first kappa shape index (κ1) is 13.4. The van der Waals surface area contributed by atoms with Crippen molar-refractivity contribution in [3.05, 3.63) is 29.8 Å². The van der Waals surface area contributed by atoms with E-state index in [0.29, 0.717) is 6.04 Å². The molecule has 18 heavy (non-hydrogen) atoms. The summed E-state index contributed by atoms with van der Waals surface area (Å²) in [5.41, 5.74) is 1.31. The molecule has 2 rings (SSSR count). The van der Waals surface area contributed by atoms with Crippen LogP contribution in [0.3, 0.4) is 0 Å². The van der Waals surface area contributed by atoms with Gasteiger partial charge in [0.2, 0.25) is 0 Å². The zero-order valence-electron chi connectivity index (χ0n) is 11.3. The highest BCUT2D eigenvalue weighted by Crippen LogP contribution is 2.19. The molecule has 0 radical (unpaired) electrons. The average Bonchev–Trinajstić information content (AvgIpc) is 2.46. The second kappa shape index (κ2) is 6.76. The highest BCUT2D eigenvalue weighted by molar-refractivity contribution is 5.28. The van der Waals surface area contributed by atoms with E-state index < -0.39 is 0 Å². The molecule has 1 fully saturated rings. The number of hydrogen-bond acceptors (Lipinski definition) is 3. The highest BCUT2D eigenvalue weighted by Gasteiger charge is 2.14. The fourth-order valence-corrected chi connectivity index (χ4v) is 2.30. The molecule has 100 valence electrons. The van der Waals surface area contributed by atoms with Crippen molar-refractivity contribution in [1.29, 1.82) is 0 Å². The van der Waals surface area contributed by atoms with Gasteiger partial charge in [-0.1, -0.05) is 12.1 Å². The van der Waals surface area contributed by atoms with Crippen molar-refractivity contribution < 1.29 is 9.47 Å². The molecule has 3 nitrogen and oxygen atoms in total. The third kappa shape index (κ3) is 3.72. The van der Waals surface area contributed by atoms with Crippen LogP contribution in [-0.2, 0) is 4.74 Å². The minimum atomic E-state index is 0.388. The van der Waals surface area contributed by atoms with Crippen LogP contribution in [0.5, 0.6) is 5.75 Å². The second-order valence-electron chi connectivity index (χ2n) is 4.96. The SMILES string of the molecule is COc1ccc(C(C)NCC2CCOCC2)cc1. The van der Waals surface area contributed by atoms with Gasteiger partial charge in [0.25, 0.3) is 0 Å². The monoisotopic (exact) mass is 249 g/mol. The molecule has 1 aliphatic heterocycles. The van der Waals surface area contributed by atoms with E-state index in [0.717, 1.165) is 31.4 Å². The summed E-state index contributed by atoms with van der Waals surface area (Å²) in [5.74, 6) is 1.68. The van der Waals surface area contributed by atoms with Gasteiger partial charge >= 0.3 is 0 Å². The van der Waals surface area contributed by atoms with Crippen LogP contribution in [-0.4, -0.2) is 26.9 Å². The van der Waals surface area contributed by atoms with Crippen molar-refractivity contribution in [3.63, 3.8) is 0 Å². The summed E-state index contributed by atoms with van der Waals surface area (Å²) in [4.78, 5) is 0. The largest absolute Gasteiger partial charge is 0.497 e. The lowest BCUT2D eigenvalue weighted by Gasteiger charge is -2.24. The van der Waals surface area contributed by atoms with Gasteiger partial charge in [-0.2, -0.15) is 0 Å². The molecule has 1 aliphatic rings. The highest BCUT2D eigenvalue weighted by atomic mass is 16.5. The normalized spacial score (nSPS) is 18.6. The number of benzene rings is 1. The topological polar surface area (TPSA) is 30.5 Å². The number of rotatable bonds is 5. The number of ether oxygens (including phenoxy) is 2. The lowest BCUT2D eigenvalue weighted by atomic mass is 9.99. The van der Waals surface area contributed by atoms with Crippen molar-refractivity contribution in [2.75, 3.05) is 26.9 Å². The number of nitrogens with one attached hydrogen (secondary N) is 1. The smallest absolute Gasteiger partial charge is 0.118 e. The third-order valence-electron chi connectivity index (χ3n) is 3.67. The van der Waals surface area contributed by atoms with Gasteiger partial charge in [0.1, 0.15) is 5.75 Å². The van der Waals surface area contributed by atoms with Gasteiger partial charge in [-0.05, 0) is 49.9 Å². The first-order valence-corrected chi connectivity index (χ1v) is 6.74. The predicted octanol–water partition coefficient (Wildman–Crippen LogP) is 2.77. The maximum atomic E-state index is 5.38. The van der Waals surface area contributed by atoms with E-state index in [-0.39, 0.29) is 0 Å². The van der Waals surface area contributed by atoms with E-state index in [9.17, 15) is 0 Å². The molecular formula is C15H23NO2. The summed E-state index contributed by atoms with van der Waals surface area (Å²) in [5, 5.41) is 3.61. The summed E-state index contributed by atoms with van der Waals surface area (Å²) in [6, 6.07) is 8.67. The van der Waals surface area contributed by atoms with Crippen LogP contribution in [0, 0.1) is 5.92 Å². The first-order chi connectivity index (χ1) is 8.79. The lowest BCUT2D eigenvalue weighted by Crippen LogP contribution is -2.29. The van der Waals surface area contributed by atoms with Crippen LogP contribution in [0.15, 0.2) is 24.3 Å². The Bertz CT molecular complexity index is 344. The third-order valence-corrected chi connectivity index (χ3v) is 3.67. The van der Waals surface area contributed by atoms with Crippen LogP contribution >= 0.6 is 0 Å². The standard InChI is InChI=1S/C15H23NO2/c1-12(14-3-5-15(17-2)6-4-14)16-11-13-7-9-18-10-8-13/h3-6,12-13,16H,7-11H2,1-2H3. The Morgan fingerprint density at radius 1 is 1.28 bits per heavy atom. The van der Waals surface area contributed by atoms with Gasteiger partial charge in [0.15, 0.2) is 0 Å². The van der Waals surface area contributed by atoms with Crippen LogP contribution in [0.25, 0.3) is 0 Å². The Morgan fingerprint density at radius 3 is 2.56 bits per heavy atom. The molecule has 0 aromatic heterocycles. The minimum absolute atomic E-state index is 0.388. The number of methoxy groups -OCH3 is 1. The fourth-order valence-electron chi connectivity index (χ4n) is 2.30. The number of hydrogen-bond donors (Lipinski definition) is 1. The maximum absolute atomic E-state index is 5.38. The van der Waals surface area contributed by atoms with E-state index in [2.05, 4.69) is 24.4 Å². The van der Waals surface area contributed by atoms with E-state index >= 15 is 0 Å². The van der Waals surface area contributed by atoms with E-state index in [4.69, 9.17) is 9.47 Å². The van der Waals surface area contributed by atoms with Crippen LogP contribution in [0.4, 0.5) is 0 Å². The average molecular weight is 249 g/mol. The first-order valence-electron chi connectivity index (χ1n) is 6.74.